The van der Waals surface area contributed by atoms with Crippen LogP contribution in [0.25, 0.3) is 16.8 Å². The van der Waals surface area contributed by atoms with E-state index in [0.717, 1.165) is 27.5 Å². The minimum Gasteiger partial charge on any atom is -0.490 e. The molecule has 0 aliphatic carbocycles. The molecule has 0 bridgehead atoms. The van der Waals surface area contributed by atoms with E-state index in [1.165, 1.54) is 11.3 Å². The number of benzene rings is 4. The van der Waals surface area contributed by atoms with Crippen LogP contribution in [0, 0.1) is 0 Å². The Kier molecular flexibility index (Phi) is 8.87. The highest BCUT2D eigenvalue weighted by Gasteiger charge is 2.34. The van der Waals surface area contributed by atoms with E-state index in [9.17, 15) is 9.59 Å². The predicted molar refractivity (Wildman–Crippen MR) is 178 cm³/mol. The highest BCUT2D eigenvalue weighted by molar-refractivity contribution is 7.07. The van der Waals surface area contributed by atoms with Gasteiger partial charge in [0.05, 0.1) is 35.1 Å². The zero-order chi connectivity index (χ0) is 31.5. The molecule has 0 unspecified atom stereocenters. The van der Waals surface area contributed by atoms with Crippen molar-refractivity contribution in [3.63, 3.8) is 0 Å². The zero-order valence-corrected chi connectivity index (χ0v) is 26.7. The fraction of sp³-hybridized carbons (Fsp3) is 0.194. The summed E-state index contributed by atoms with van der Waals surface area (Å²) >= 11 is 7.29. The fourth-order valence-electron chi connectivity index (χ4n) is 5.47. The number of ether oxygens (including phenoxy) is 3. The molecule has 0 amide bonds. The van der Waals surface area contributed by atoms with Gasteiger partial charge in [0.25, 0.3) is 5.56 Å². The first-order valence-electron chi connectivity index (χ1n) is 14.7. The molecule has 1 aromatic heterocycles. The summed E-state index contributed by atoms with van der Waals surface area (Å²) in [6.45, 7) is 6.47. The van der Waals surface area contributed by atoms with Crippen molar-refractivity contribution in [3.05, 3.63) is 138 Å². The Bertz CT molecular complexity index is 2110. The average molecular weight is 639 g/mol. The maximum Gasteiger partial charge on any atom is 0.338 e. The highest BCUT2D eigenvalue weighted by Crippen LogP contribution is 2.35. The van der Waals surface area contributed by atoms with Gasteiger partial charge >= 0.3 is 5.97 Å². The smallest absolute Gasteiger partial charge is 0.338 e. The van der Waals surface area contributed by atoms with Crippen LogP contribution in [-0.2, 0) is 16.1 Å². The van der Waals surface area contributed by atoms with Crippen LogP contribution in [0.3, 0.4) is 0 Å². The normalized spacial score (nSPS) is 14.7. The summed E-state index contributed by atoms with van der Waals surface area (Å²) in [7, 11) is 0. The number of esters is 1. The number of rotatable bonds is 9. The molecule has 4 aromatic carbocycles. The van der Waals surface area contributed by atoms with Gasteiger partial charge in [-0.1, -0.05) is 83.6 Å². The summed E-state index contributed by atoms with van der Waals surface area (Å²) in [6, 6.07) is 26.2. The number of hydrogen-bond acceptors (Lipinski definition) is 7. The molecule has 5 aromatic rings. The van der Waals surface area contributed by atoms with Crippen molar-refractivity contribution >= 4 is 45.8 Å². The standard InChI is InChI=1S/C36H31ClN2O5S/c1-4-42-30-19-24(15-18-29(30)44-21-23-13-16-26(37)17-14-23)20-31-34(40)39-33(28-12-8-10-25-9-6-7-11-27(25)28)32(35(41)43-5-2)22(3)38-36(39)45-31/h6-20,33H,4-5,21H2,1-3H3/b31-20-/t33-/m1/s1. The number of carbonyl (C=O) groups is 1. The second-order valence-corrected chi connectivity index (χ2v) is 11.9. The number of nitrogens with zero attached hydrogens (tertiary/aromatic N) is 2. The van der Waals surface area contributed by atoms with Crippen molar-refractivity contribution in [2.75, 3.05) is 13.2 Å². The molecule has 1 aliphatic rings. The molecule has 0 fully saturated rings. The van der Waals surface area contributed by atoms with Crippen LogP contribution in [0.4, 0.5) is 0 Å². The first-order chi connectivity index (χ1) is 21.9. The van der Waals surface area contributed by atoms with E-state index >= 15 is 0 Å². The van der Waals surface area contributed by atoms with Crippen LogP contribution in [0.15, 0.2) is 106 Å². The lowest BCUT2D eigenvalue weighted by molar-refractivity contribution is -0.139. The van der Waals surface area contributed by atoms with E-state index in [2.05, 4.69) is 0 Å². The number of allylic oxidation sites excluding steroid dienone is 1. The summed E-state index contributed by atoms with van der Waals surface area (Å²) < 4.78 is 19.5. The lowest BCUT2D eigenvalue weighted by Gasteiger charge is -2.25. The Balaban J connectivity index is 1.44. The van der Waals surface area contributed by atoms with Crippen LogP contribution in [-0.4, -0.2) is 23.8 Å². The molecule has 7 nitrogen and oxygen atoms in total. The minimum absolute atomic E-state index is 0.212. The van der Waals surface area contributed by atoms with E-state index in [1.807, 2.05) is 97.9 Å². The number of halogens is 1. The molecule has 1 aliphatic heterocycles. The lowest BCUT2D eigenvalue weighted by Crippen LogP contribution is -2.40. The van der Waals surface area contributed by atoms with Crippen LogP contribution < -0.4 is 24.4 Å². The molecule has 0 spiro atoms. The Labute approximate surface area is 269 Å². The van der Waals surface area contributed by atoms with Crippen LogP contribution in [0.1, 0.15) is 43.5 Å². The van der Waals surface area contributed by atoms with Crippen molar-refractivity contribution in [1.29, 1.82) is 0 Å². The number of fused-ring (bicyclic) bond motifs is 2. The third-order valence-electron chi connectivity index (χ3n) is 7.51. The quantitative estimate of drug-likeness (QED) is 0.170. The van der Waals surface area contributed by atoms with Crippen molar-refractivity contribution in [3.8, 4) is 11.5 Å². The Morgan fingerprint density at radius 3 is 2.51 bits per heavy atom. The monoisotopic (exact) mass is 638 g/mol. The van der Waals surface area contributed by atoms with Crippen LogP contribution in [0.5, 0.6) is 11.5 Å². The van der Waals surface area contributed by atoms with Gasteiger partial charge in [0, 0.05) is 5.02 Å². The lowest BCUT2D eigenvalue weighted by atomic mass is 9.91. The van der Waals surface area contributed by atoms with Crippen molar-refractivity contribution in [1.82, 2.24) is 4.57 Å². The molecule has 6 rings (SSSR count). The van der Waals surface area contributed by atoms with Crippen LogP contribution >= 0.6 is 22.9 Å². The Hall–Kier alpha value is -4.66. The number of hydrogen-bond donors (Lipinski definition) is 0. The summed E-state index contributed by atoms with van der Waals surface area (Å²) in [4.78, 5) is 32.8. The van der Waals surface area contributed by atoms with Gasteiger partial charge < -0.3 is 14.2 Å². The molecule has 0 N–H and O–H groups in total. The molecule has 45 heavy (non-hydrogen) atoms. The number of aromatic nitrogens is 1. The van der Waals surface area contributed by atoms with Gasteiger partial charge in [0.2, 0.25) is 0 Å². The second kappa shape index (κ2) is 13.1. The van der Waals surface area contributed by atoms with Crippen molar-refractivity contribution < 1.29 is 19.0 Å². The Morgan fingerprint density at radius 2 is 1.73 bits per heavy atom. The molecular formula is C36H31ClN2O5S. The summed E-state index contributed by atoms with van der Waals surface area (Å²) in [5.41, 5.74) is 3.22. The molecular weight excluding hydrogens is 608 g/mol. The summed E-state index contributed by atoms with van der Waals surface area (Å²) in [5, 5.41) is 2.63. The van der Waals surface area contributed by atoms with E-state index in [4.69, 9.17) is 30.8 Å². The maximum absolute atomic E-state index is 14.2. The van der Waals surface area contributed by atoms with Gasteiger partial charge in [0.15, 0.2) is 16.3 Å². The maximum atomic E-state index is 14.2. The van der Waals surface area contributed by atoms with Crippen LogP contribution in [0.2, 0.25) is 5.02 Å². The van der Waals surface area contributed by atoms with Gasteiger partial charge in [-0.15, -0.1) is 0 Å². The summed E-state index contributed by atoms with van der Waals surface area (Å²) in [6.07, 6.45) is 1.82. The minimum atomic E-state index is -0.698. The van der Waals surface area contributed by atoms with Crippen molar-refractivity contribution in [2.45, 2.75) is 33.4 Å². The second-order valence-electron chi connectivity index (χ2n) is 10.4. The molecule has 0 radical (unpaired) electrons. The van der Waals surface area contributed by atoms with Crippen molar-refractivity contribution in [2.24, 2.45) is 4.99 Å². The fourth-order valence-corrected chi connectivity index (χ4v) is 6.64. The van der Waals surface area contributed by atoms with E-state index in [0.29, 0.717) is 50.3 Å². The molecule has 0 saturated heterocycles. The van der Waals surface area contributed by atoms with E-state index in [-0.39, 0.29) is 12.2 Å². The average Bonchev–Trinajstić information content (AvgIpc) is 3.34. The van der Waals surface area contributed by atoms with E-state index < -0.39 is 12.0 Å². The molecule has 9 heteroatoms. The van der Waals surface area contributed by atoms with Gasteiger partial charge in [-0.05, 0) is 78.6 Å². The number of carbonyl (C=O) groups excluding carboxylic acids is 1. The van der Waals surface area contributed by atoms with Gasteiger partial charge in [-0.25, -0.2) is 9.79 Å². The third kappa shape index (κ3) is 6.16. The molecule has 2 heterocycles. The summed E-state index contributed by atoms with van der Waals surface area (Å²) in [5.74, 6) is 0.680. The Morgan fingerprint density at radius 1 is 0.956 bits per heavy atom. The third-order valence-corrected chi connectivity index (χ3v) is 8.74. The van der Waals surface area contributed by atoms with Gasteiger partial charge in [-0.2, -0.15) is 0 Å². The predicted octanol–water partition coefficient (Wildman–Crippen LogP) is 6.58. The molecule has 0 saturated carbocycles. The zero-order valence-electron chi connectivity index (χ0n) is 25.1. The van der Waals surface area contributed by atoms with Gasteiger partial charge in [-0.3, -0.25) is 9.36 Å². The first-order valence-corrected chi connectivity index (χ1v) is 15.9. The topological polar surface area (TPSA) is 79.1 Å². The molecule has 228 valence electrons. The first kappa shape index (κ1) is 30.4. The highest BCUT2D eigenvalue weighted by atomic mass is 35.5. The van der Waals surface area contributed by atoms with Gasteiger partial charge in [0.1, 0.15) is 6.61 Å². The largest absolute Gasteiger partial charge is 0.490 e. The molecule has 1 atom stereocenters. The van der Waals surface area contributed by atoms with E-state index in [1.54, 1.807) is 18.4 Å². The SMILES string of the molecule is CCOC(=O)C1=C(C)N=c2s/c(=C\c3ccc(OCc4ccc(Cl)cc4)c(OCC)c3)c(=O)n2[C@@H]1c1cccc2ccccc12. The number of thiazole rings is 1.